The minimum absolute atomic E-state index is 0.120. The van der Waals surface area contributed by atoms with Crippen molar-refractivity contribution in [2.24, 2.45) is 0 Å². The van der Waals surface area contributed by atoms with Gasteiger partial charge in [-0.2, -0.15) is 5.21 Å². The first kappa shape index (κ1) is 13.7. The van der Waals surface area contributed by atoms with Crippen molar-refractivity contribution in [1.82, 2.24) is 31.3 Å². The summed E-state index contributed by atoms with van der Waals surface area (Å²) in [7, 11) is 0. The number of aromatic amines is 1. The summed E-state index contributed by atoms with van der Waals surface area (Å²) in [5, 5.41) is 19.6. The molecule has 1 amide bonds. The Labute approximate surface area is 122 Å². The van der Waals surface area contributed by atoms with E-state index in [0.29, 0.717) is 17.3 Å². The van der Waals surface area contributed by atoms with Crippen LogP contribution < -0.4 is 10.6 Å². The van der Waals surface area contributed by atoms with Gasteiger partial charge in [-0.25, -0.2) is 0 Å². The molecule has 1 saturated heterocycles. The molecule has 0 radical (unpaired) electrons. The van der Waals surface area contributed by atoms with Crippen LogP contribution in [0.2, 0.25) is 0 Å². The van der Waals surface area contributed by atoms with Crippen molar-refractivity contribution in [2.75, 3.05) is 13.1 Å². The molecule has 3 rings (SSSR count). The number of carbonyl (C=O) groups is 1. The van der Waals surface area contributed by atoms with E-state index in [1.807, 2.05) is 18.2 Å². The second-order valence-corrected chi connectivity index (χ2v) is 5.18. The maximum atomic E-state index is 12.2. The highest BCUT2D eigenvalue weighted by Gasteiger charge is 2.16. The zero-order valence-electron chi connectivity index (χ0n) is 11.7. The lowest BCUT2D eigenvalue weighted by atomic mass is 9.90. The van der Waals surface area contributed by atoms with Crippen molar-refractivity contribution in [3.05, 3.63) is 41.2 Å². The van der Waals surface area contributed by atoms with Crippen LogP contribution in [0.25, 0.3) is 0 Å². The summed E-state index contributed by atoms with van der Waals surface area (Å²) in [5.74, 6) is 0.838. The van der Waals surface area contributed by atoms with Gasteiger partial charge in [-0.05, 0) is 43.0 Å². The van der Waals surface area contributed by atoms with Crippen LogP contribution >= 0.6 is 0 Å². The van der Waals surface area contributed by atoms with Gasteiger partial charge in [-0.3, -0.25) is 4.79 Å². The molecule has 1 aromatic carbocycles. The van der Waals surface area contributed by atoms with Gasteiger partial charge >= 0.3 is 0 Å². The molecule has 110 valence electrons. The van der Waals surface area contributed by atoms with E-state index in [4.69, 9.17) is 0 Å². The van der Waals surface area contributed by atoms with E-state index >= 15 is 0 Å². The molecule has 0 bridgehead atoms. The number of amides is 1. The third-order valence-electron chi connectivity index (χ3n) is 3.71. The summed E-state index contributed by atoms with van der Waals surface area (Å²) >= 11 is 0. The third kappa shape index (κ3) is 3.43. The summed E-state index contributed by atoms with van der Waals surface area (Å²) < 4.78 is 0. The number of rotatable bonds is 4. The molecular weight excluding hydrogens is 268 g/mol. The smallest absolute Gasteiger partial charge is 0.251 e. The Morgan fingerprint density at radius 2 is 2.38 bits per heavy atom. The molecule has 1 aliphatic heterocycles. The fourth-order valence-corrected chi connectivity index (χ4v) is 2.59. The molecule has 1 fully saturated rings. The SMILES string of the molecule is O=C(NCc1nn[nH]n1)c1cccc([C@@H]2CCCNC2)c1. The van der Waals surface area contributed by atoms with Gasteiger partial charge in [0.2, 0.25) is 0 Å². The second kappa shape index (κ2) is 6.45. The van der Waals surface area contributed by atoms with Gasteiger partial charge in [0.25, 0.3) is 5.91 Å². The lowest BCUT2D eigenvalue weighted by molar-refractivity contribution is 0.0949. The van der Waals surface area contributed by atoms with Gasteiger partial charge in [0.15, 0.2) is 5.82 Å². The van der Waals surface area contributed by atoms with Crippen LogP contribution in [0.5, 0.6) is 0 Å². The standard InChI is InChI=1S/C14H18N6O/c21-14(16-9-13-17-19-20-18-13)11-4-1-3-10(7-11)12-5-2-6-15-8-12/h1,3-4,7,12,15H,2,5-6,8-9H2,(H,16,21)(H,17,18,19,20)/t12-/m1/s1. The predicted octanol–water partition coefficient (Wildman–Crippen LogP) is 0.597. The number of H-pyrrole nitrogens is 1. The number of hydrogen-bond donors (Lipinski definition) is 3. The number of tetrazole rings is 1. The second-order valence-electron chi connectivity index (χ2n) is 5.18. The van der Waals surface area contributed by atoms with Crippen molar-refractivity contribution < 1.29 is 4.79 Å². The quantitative estimate of drug-likeness (QED) is 0.765. The molecule has 0 spiro atoms. The summed E-state index contributed by atoms with van der Waals surface area (Å²) in [4.78, 5) is 12.2. The molecule has 7 heteroatoms. The molecular formula is C14H18N6O. The lowest BCUT2D eigenvalue weighted by Gasteiger charge is -2.23. The number of benzene rings is 1. The van der Waals surface area contributed by atoms with Gasteiger partial charge in [0, 0.05) is 12.1 Å². The molecule has 0 unspecified atom stereocenters. The highest BCUT2D eigenvalue weighted by atomic mass is 16.1. The Morgan fingerprint density at radius 1 is 1.43 bits per heavy atom. The van der Waals surface area contributed by atoms with Crippen LogP contribution in [0.15, 0.2) is 24.3 Å². The number of nitrogens with one attached hydrogen (secondary N) is 3. The number of aromatic nitrogens is 4. The van der Waals surface area contributed by atoms with E-state index in [0.717, 1.165) is 13.1 Å². The summed E-state index contributed by atoms with van der Waals surface area (Å²) in [6.07, 6.45) is 2.35. The minimum Gasteiger partial charge on any atom is -0.345 e. The fourth-order valence-electron chi connectivity index (χ4n) is 2.59. The van der Waals surface area contributed by atoms with Crippen LogP contribution in [0, 0.1) is 0 Å². The summed E-state index contributed by atoms with van der Waals surface area (Å²) in [6.45, 7) is 2.33. The third-order valence-corrected chi connectivity index (χ3v) is 3.71. The van der Waals surface area contributed by atoms with E-state index in [1.54, 1.807) is 0 Å². The lowest BCUT2D eigenvalue weighted by Crippen LogP contribution is -2.28. The predicted molar refractivity (Wildman–Crippen MR) is 76.6 cm³/mol. The number of hydrogen-bond acceptors (Lipinski definition) is 5. The maximum absolute atomic E-state index is 12.2. The monoisotopic (exact) mass is 286 g/mol. The van der Waals surface area contributed by atoms with Gasteiger partial charge in [0.1, 0.15) is 0 Å². The van der Waals surface area contributed by atoms with Gasteiger partial charge in [-0.15, -0.1) is 10.2 Å². The molecule has 2 aromatic rings. The molecule has 0 aliphatic carbocycles. The Morgan fingerprint density at radius 3 is 3.14 bits per heavy atom. The molecule has 1 aliphatic rings. The molecule has 1 aromatic heterocycles. The highest BCUT2D eigenvalue weighted by molar-refractivity contribution is 5.94. The largest absolute Gasteiger partial charge is 0.345 e. The van der Waals surface area contributed by atoms with Crippen molar-refractivity contribution >= 4 is 5.91 Å². The summed E-state index contributed by atoms with van der Waals surface area (Å²) in [5.41, 5.74) is 1.89. The van der Waals surface area contributed by atoms with E-state index in [2.05, 4.69) is 37.3 Å². The van der Waals surface area contributed by atoms with Crippen LogP contribution in [0.1, 0.15) is 40.5 Å². The van der Waals surface area contributed by atoms with Gasteiger partial charge in [0.05, 0.1) is 6.54 Å². The van der Waals surface area contributed by atoms with Crippen LogP contribution in [0.3, 0.4) is 0 Å². The Hall–Kier alpha value is -2.28. The topological polar surface area (TPSA) is 95.6 Å². The van der Waals surface area contributed by atoms with Crippen molar-refractivity contribution in [3.63, 3.8) is 0 Å². The molecule has 2 heterocycles. The Balaban J connectivity index is 1.65. The number of nitrogens with zero attached hydrogens (tertiary/aromatic N) is 3. The van der Waals surface area contributed by atoms with Crippen LogP contribution in [0.4, 0.5) is 0 Å². The molecule has 3 N–H and O–H groups in total. The normalized spacial score (nSPS) is 18.4. The molecule has 7 nitrogen and oxygen atoms in total. The van der Waals surface area contributed by atoms with E-state index in [-0.39, 0.29) is 12.5 Å². The van der Waals surface area contributed by atoms with E-state index in [9.17, 15) is 4.79 Å². The first-order chi connectivity index (χ1) is 10.3. The zero-order valence-corrected chi connectivity index (χ0v) is 11.7. The first-order valence-electron chi connectivity index (χ1n) is 7.14. The van der Waals surface area contributed by atoms with E-state index < -0.39 is 0 Å². The van der Waals surface area contributed by atoms with Crippen molar-refractivity contribution in [3.8, 4) is 0 Å². The Bertz CT molecular complexity index is 591. The number of carbonyl (C=O) groups excluding carboxylic acids is 1. The van der Waals surface area contributed by atoms with E-state index in [1.165, 1.54) is 18.4 Å². The van der Waals surface area contributed by atoms with Crippen molar-refractivity contribution in [2.45, 2.75) is 25.3 Å². The van der Waals surface area contributed by atoms with Crippen molar-refractivity contribution in [1.29, 1.82) is 0 Å². The first-order valence-corrected chi connectivity index (χ1v) is 7.14. The number of piperidine rings is 1. The highest BCUT2D eigenvalue weighted by Crippen LogP contribution is 2.23. The van der Waals surface area contributed by atoms with Gasteiger partial charge < -0.3 is 10.6 Å². The van der Waals surface area contributed by atoms with Crippen LogP contribution in [-0.2, 0) is 6.54 Å². The molecule has 21 heavy (non-hydrogen) atoms. The Kier molecular flexibility index (Phi) is 4.20. The fraction of sp³-hybridized carbons (Fsp3) is 0.429. The molecule has 0 saturated carbocycles. The molecule has 1 atom stereocenters. The summed E-state index contributed by atoms with van der Waals surface area (Å²) in [6, 6.07) is 7.83. The minimum atomic E-state index is -0.120. The average molecular weight is 286 g/mol. The van der Waals surface area contributed by atoms with Gasteiger partial charge in [-0.1, -0.05) is 17.3 Å². The zero-order chi connectivity index (χ0) is 14.5. The maximum Gasteiger partial charge on any atom is 0.251 e. The van der Waals surface area contributed by atoms with Crippen LogP contribution in [-0.4, -0.2) is 39.6 Å². The average Bonchev–Trinajstić information content (AvgIpc) is 3.07.